The average Bonchev–Trinajstić information content (AvgIpc) is 3.22. The summed E-state index contributed by atoms with van der Waals surface area (Å²) in [6.07, 6.45) is 5.71. The quantitative estimate of drug-likeness (QED) is 0.774. The van der Waals surface area contributed by atoms with E-state index in [9.17, 15) is 14.3 Å². The van der Waals surface area contributed by atoms with Gasteiger partial charge in [-0.2, -0.15) is 10.4 Å². The molecule has 8 heteroatoms. The van der Waals surface area contributed by atoms with Crippen LogP contribution < -0.4 is 4.74 Å². The molecule has 1 N–H and O–H groups in total. The van der Waals surface area contributed by atoms with Gasteiger partial charge in [0.05, 0.1) is 30.2 Å². The van der Waals surface area contributed by atoms with E-state index < -0.39 is 17.3 Å². The Balaban J connectivity index is 1.23. The van der Waals surface area contributed by atoms with E-state index in [-0.39, 0.29) is 23.5 Å². The molecular formula is C23H21FN4O3. The van der Waals surface area contributed by atoms with E-state index in [1.54, 1.807) is 30.5 Å². The molecule has 1 aliphatic heterocycles. The second-order valence-corrected chi connectivity index (χ2v) is 8.77. The Bertz CT molecular complexity index is 1090. The van der Waals surface area contributed by atoms with Crippen LogP contribution in [0.4, 0.5) is 4.39 Å². The third-order valence-electron chi connectivity index (χ3n) is 6.66. The topological polar surface area (TPSA) is 98.8 Å². The van der Waals surface area contributed by atoms with Crippen molar-refractivity contribution >= 4 is 12.1 Å². The molecule has 31 heavy (non-hydrogen) atoms. The van der Waals surface area contributed by atoms with Crippen molar-refractivity contribution in [2.75, 3.05) is 6.61 Å². The smallest absolute Gasteiger partial charge is 0.249 e. The number of ether oxygens (including phenoxy) is 1. The lowest BCUT2D eigenvalue weighted by atomic mass is 9.35. The number of carbonyl (C=O) groups is 1. The molecule has 3 saturated carbocycles. The summed E-state index contributed by atoms with van der Waals surface area (Å²) in [4.78, 5) is 17.4. The second kappa shape index (κ2) is 7.13. The molecule has 2 bridgehead atoms. The number of nitriles is 1. The summed E-state index contributed by atoms with van der Waals surface area (Å²) < 4.78 is 20.5. The van der Waals surface area contributed by atoms with Crippen LogP contribution >= 0.6 is 0 Å². The number of benzene rings is 1. The fraction of sp³-hybridized carbons (Fsp3) is 0.391. The van der Waals surface area contributed by atoms with Crippen molar-refractivity contribution in [1.29, 1.82) is 5.26 Å². The number of hydrazone groups is 1. The first-order chi connectivity index (χ1) is 15.0. The molecule has 4 aliphatic rings. The minimum absolute atomic E-state index is 0.0355. The van der Waals surface area contributed by atoms with Crippen molar-refractivity contribution in [1.82, 2.24) is 9.99 Å². The van der Waals surface area contributed by atoms with Crippen LogP contribution in [0.25, 0.3) is 0 Å². The van der Waals surface area contributed by atoms with Gasteiger partial charge >= 0.3 is 0 Å². The normalized spacial score (nSPS) is 27.9. The van der Waals surface area contributed by atoms with Crippen molar-refractivity contribution in [2.45, 2.75) is 38.3 Å². The Kier molecular flexibility index (Phi) is 4.52. The van der Waals surface area contributed by atoms with Crippen molar-refractivity contribution in [3.63, 3.8) is 0 Å². The number of hydrogen-bond acceptors (Lipinski definition) is 6. The summed E-state index contributed by atoms with van der Waals surface area (Å²) in [5.41, 5.74) is 0.589. The van der Waals surface area contributed by atoms with Crippen molar-refractivity contribution < 1.29 is 19.0 Å². The molecule has 0 radical (unpaired) electrons. The number of rotatable bonds is 6. The van der Waals surface area contributed by atoms with Gasteiger partial charge in [-0.05, 0) is 25.3 Å². The van der Waals surface area contributed by atoms with Gasteiger partial charge in [-0.15, -0.1) is 0 Å². The maximum atomic E-state index is 14.7. The van der Waals surface area contributed by atoms with Gasteiger partial charge in [-0.1, -0.05) is 18.2 Å². The van der Waals surface area contributed by atoms with Gasteiger partial charge in [0.15, 0.2) is 0 Å². The Morgan fingerprint density at radius 2 is 2.13 bits per heavy atom. The third kappa shape index (κ3) is 3.08. The molecule has 1 aromatic carbocycles. The molecule has 0 saturated heterocycles. The highest BCUT2D eigenvalue weighted by atomic mass is 19.1. The zero-order valence-electron chi connectivity index (χ0n) is 16.8. The first-order valence-electron chi connectivity index (χ1n) is 10.2. The molecule has 2 aromatic rings. The SMILES string of the molecule is N#Cc1ccc(OCC23CC(C(=O)N4N=CCC4c4cccc(CO)c4F)(C2)C3)nc1. The second-order valence-electron chi connectivity index (χ2n) is 8.77. The number of pyridine rings is 1. The fourth-order valence-corrected chi connectivity index (χ4v) is 5.23. The molecular weight excluding hydrogens is 399 g/mol. The molecule has 3 aliphatic carbocycles. The number of carbonyl (C=O) groups excluding carboxylic acids is 1. The van der Waals surface area contributed by atoms with Gasteiger partial charge in [0.25, 0.3) is 0 Å². The molecule has 7 nitrogen and oxygen atoms in total. The molecule has 158 valence electrons. The van der Waals surface area contributed by atoms with Crippen LogP contribution in [-0.2, 0) is 11.4 Å². The molecule has 1 aromatic heterocycles. The molecule has 1 unspecified atom stereocenters. The summed E-state index contributed by atoms with van der Waals surface area (Å²) in [6, 6.07) is 9.74. The van der Waals surface area contributed by atoms with E-state index in [1.165, 1.54) is 17.3 Å². The Hall–Kier alpha value is -3.31. The zero-order valence-corrected chi connectivity index (χ0v) is 16.8. The minimum atomic E-state index is -0.483. The molecule has 1 amide bonds. The molecule has 6 rings (SSSR count). The first kappa shape index (κ1) is 19.6. The van der Waals surface area contributed by atoms with E-state index >= 15 is 0 Å². The number of aromatic nitrogens is 1. The van der Waals surface area contributed by atoms with Gasteiger partial charge in [-0.25, -0.2) is 14.4 Å². The van der Waals surface area contributed by atoms with Crippen LogP contribution in [0.5, 0.6) is 5.88 Å². The van der Waals surface area contributed by atoms with Crippen LogP contribution in [0, 0.1) is 28.0 Å². The Morgan fingerprint density at radius 1 is 1.32 bits per heavy atom. The molecule has 1 atom stereocenters. The van der Waals surface area contributed by atoms with Crippen LogP contribution in [0.15, 0.2) is 41.6 Å². The number of halogens is 1. The highest BCUT2D eigenvalue weighted by Gasteiger charge is 2.73. The van der Waals surface area contributed by atoms with Gasteiger partial charge in [0, 0.05) is 41.4 Å². The lowest BCUT2D eigenvalue weighted by Crippen LogP contribution is -2.69. The largest absolute Gasteiger partial charge is 0.477 e. The predicted octanol–water partition coefficient (Wildman–Crippen LogP) is 3.09. The maximum Gasteiger partial charge on any atom is 0.249 e. The maximum absolute atomic E-state index is 14.7. The number of hydrogen-bond donors (Lipinski definition) is 1. The van der Waals surface area contributed by atoms with Crippen molar-refractivity contribution in [3.05, 3.63) is 59.0 Å². The van der Waals surface area contributed by atoms with Crippen LogP contribution in [0.2, 0.25) is 0 Å². The van der Waals surface area contributed by atoms with Gasteiger partial charge in [0.1, 0.15) is 11.9 Å². The van der Waals surface area contributed by atoms with E-state index in [4.69, 9.17) is 10.00 Å². The van der Waals surface area contributed by atoms with Crippen LogP contribution in [-0.4, -0.2) is 33.8 Å². The number of amides is 1. The van der Waals surface area contributed by atoms with Crippen molar-refractivity contribution in [3.8, 4) is 11.9 Å². The Labute approximate surface area is 178 Å². The van der Waals surface area contributed by atoms with E-state index in [1.807, 2.05) is 6.07 Å². The monoisotopic (exact) mass is 420 g/mol. The zero-order chi connectivity index (χ0) is 21.6. The highest BCUT2D eigenvalue weighted by Crippen LogP contribution is 2.74. The summed E-state index contributed by atoms with van der Waals surface area (Å²) >= 11 is 0. The highest BCUT2D eigenvalue weighted by molar-refractivity contribution is 5.88. The first-order valence-corrected chi connectivity index (χ1v) is 10.2. The standard InChI is InChI=1S/C23H21FN4O3/c24-20-16(10-29)2-1-3-17(20)18-6-7-27-28(18)21(30)23-11-22(12-23,13-23)14-31-19-5-4-15(8-25)9-26-19/h1-5,7,9,18,29H,6,10-14H2. The van der Waals surface area contributed by atoms with Crippen molar-refractivity contribution in [2.24, 2.45) is 15.9 Å². The summed E-state index contributed by atoms with van der Waals surface area (Å²) in [5.74, 6) is -0.0818. The van der Waals surface area contributed by atoms with E-state index in [0.717, 1.165) is 0 Å². The van der Waals surface area contributed by atoms with E-state index in [2.05, 4.69) is 10.1 Å². The number of aliphatic hydroxyl groups is 1. The van der Waals surface area contributed by atoms with Gasteiger partial charge in [-0.3, -0.25) is 4.79 Å². The fourth-order valence-electron chi connectivity index (χ4n) is 5.23. The minimum Gasteiger partial charge on any atom is -0.477 e. The lowest BCUT2D eigenvalue weighted by Gasteiger charge is -2.69. The van der Waals surface area contributed by atoms with Crippen LogP contribution in [0.3, 0.4) is 0 Å². The van der Waals surface area contributed by atoms with E-state index in [0.29, 0.717) is 49.3 Å². The average molecular weight is 420 g/mol. The molecule has 2 heterocycles. The molecule has 0 spiro atoms. The number of aliphatic hydroxyl groups excluding tert-OH is 1. The summed E-state index contributed by atoms with van der Waals surface area (Å²) in [6.45, 7) is 0.0859. The van der Waals surface area contributed by atoms with Crippen LogP contribution in [0.1, 0.15) is 48.4 Å². The Morgan fingerprint density at radius 3 is 2.81 bits per heavy atom. The summed E-state index contributed by atoms with van der Waals surface area (Å²) in [7, 11) is 0. The summed E-state index contributed by atoms with van der Waals surface area (Å²) in [5, 5.41) is 23.9. The number of nitrogens with zero attached hydrogens (tertiary/aromatic N) is 4. The van der Waals surface area contributed by atoms with Gasteiger partial charge in [0.2, 0.25) is 11.8 Å². The lowest BCUT2D eigenvalue weighted by molar-refractivity contribution is -0.227. The van der Waals surface area contributed by atoms with Gasteiger partial charge < -0.3 is 9.84 Å². The molecule has 3 fully saturated rings. The third-order valence-corrected chi connectivity index (χ3v) is 6.66. The predicted molar refractivity (Wildman–Crippen MR) is 108 cm³/mol.